The van der Waals surface area contributed by atoms with Gasteiger partial charge in [-0.1, -0.05) is 29.8 Å². The third kappa shape index (κ3) is 3.65. The van der Waals surface area contributed by atoms with E-state index in [2.05, 4.69) is 41.4 Å². The maximum Gasteiger partial charge on any atom is 0.223 e. The van der Waals surface area contributed by atoms with E-state index in [-0.39, 0.29) is 12.0 Å². The van der Waals surface area contributed by atoms with E-state index >= 15 is 0 Å². The summed E-state index contributed by atoms with van der Waals surface area (Å²) < 4.78 is 6.02. The number of piperidine rings is 1. The van der Waals surface area contributed by atoms with Crippen LogP contribution in [0.5, 0.6) is 0 Å². The smallest absolute Gasteiger partial charge is 0.223 e. The summed E-state index contributed by atoms with van der Waals surface area (Å²) in [5, 5.41) is 3.10. The predicted octanol–water partition coefficient (Wildman–Crippen LogP) is 2.36. The first kappa shape index (κ1) is 16.1. The molecule has 2 heterocycles. The standard InChI is InChI=1S/C20H28N2O2/c1-14-2-4-15(5-3-14)11-22-9-8-18-17(12-22)13-24-19(18)10-21-20(23)16-6-7-16/h2-5,16-19H,6-13H2,1H3,(H,21,23)/t17-,18-,19+/m1/s1. The minimum atomic E-state index is 0.222. The minimum absolute atomic E-state index is 0.222. The number of ether oxygens (including phenoxy) is 1. The normalized spacial score (nSPS) is 30.1. The predicted molar refractivity (Wildman–Crippen MR) is 93.5 cm³/mol. The van der Waals surface area contributed by atoms with Crippen molar-refractivity contribution in [1.82, 2.24) is 10.2 Å². The Morgan fingerprint density at radius 3 is 2.79 bits per heavy atom. The van der Waals surface area contributed by atoms with Crippen molar-refractivity contribution in [1.29, 1.82) is 0 Å². The number of aryl methyl sites for hydroxylation is 1. The summed E-state index contributed by atoms with van der Waals surface area (Å²) in [5.74, 6) is 1.75. The highest BCUT2D eigenvalue weighted by Crippen LogP contribution is 2.35. The van der Waals surface area contributed by atoms with Gasteiger partial charge in [0.15, 0.2) is 0 Å². The summed E-state index contributed by atoms with van der Waals surface area (Å²) in [7, 11) is 0. The molecule has 24 heavy (non-hydrogen) atoms. The van der Waals surface area contributed by atoms with Crippen LogP contribution in [0.15, 0.2) is 24.3 Å². The number of hydrogen-bond donors (Lipinski definition) is 1. The molecule has 0 aromatic heterocycles. The van der Waals surface area contributed by atoms with Crippen molar-refractivity contribution >= 4 is 5.91 Å². The lowest BCUT2D eigenvalue weighted by atomic mass is 9.84. The molecule has 4 nitrogen and oxygen atoms in total. The molecule has 2 aliphatic heterocycles. The number of carbonyl (C=O) groups excluding carboxylic acids is 1. The van der Waals surface area contributed by atoms with Crippen LogP contribution in [0, 0.1) is 24.7 Å². The topological polar surface area (TPSA) is 41.6 Å². The molecular formula is C20H28N2O2. The zero-order chi connectivity index (χ0) is 16.5. The van der Waals surface area contributed by atoms with E-state index in [0.717, 1.165) is 39.1 Å². The fraction of sp³-hybridized carbons (Fsp3) is 0.650. The SMILES string of the molecule is Cc1ccc(CN2CC[C@@H]3[C@@H](CO[C@H]3CNC(=O)C3CC3)C2)cc1. The van der Waals surface area contributed by atoms with Gasteiger partial charge in [-0.05, 0) is 44.2 Å². The molecule has 0 spiro atoms. The minimum Gasteiger partial charge on any atom is -0.376 e. The summed E-state index contributed by atoms with van der Waals surface area (Å²) in [6.45, 7) is 6.96. The third-order valence-electron chi connectivity index (χ3n) is 5.83. The van der Waals surface area contributed by atoms with Gasteiger partial charge in [-0.2, -0.15) is 0 Å². The Kier molecular flexibility index (Phi) is 4.59. The number of benzene rings is 1. The van der Waals surface area contributed by atoms with E-state index in [9.17, 15) is 4.79 Å². The van der Waals surface area contributed by atoms with Crippen molar-refractivity contribution in [2.45, 2.75) is 38.8 Å². The quantitative estimate of drug-likeness (QED) is 0.902. The Labute approximate surface area is 144 Å². The van der Waals surface area contributed by atoms with Crippen LogP contribution in [0.1, 0.15) is 30.4 Å². The largest absolute Gasteiger partial charge is 0.376 e. The van der Waals surface area contributed by atoms with Crippen LogP contribution in [-0.4, -0.2) is 43.2 Å². The molecule has 2 saturated heterocycles. The van der Waals surface area contributed by atoms with Gasteiger partial charge in [-0.3, -0.25) is 9.69 Å². The Morgan fingerprint density at radius 1 is 1.25 bits per heavy atom. The average Bonchev–Trinajstić information content (AvgIpc) is 3.36. The van der Waals surface area contributed by atoms with Crippen LogP contribution < -0.4 is 5.32 Å². The van der Waals surface area contributed by atoms with Crippen LogP contribution >= 0.6 is 0 Å². The number of carbonyl (C=O) groups is 1. The average molecular weight is 328 g/mol. The molecule has 0 bridgehead atoms. The van der Waals surface area contributed by atoms with E-state index < -0.39 is 0 Å². The van der Waals surface area contributed by atoms with Crippen molar-refractivity contribution in [3.05, 3.63) is 35.4 Å². The van der Waals surface area contributed by atoms with Crippen molar-refractivity contribution in [3.8, 4) is 0 Å². The lowest BCUT2D eigenvalue weighted by Gasteiger charge is -2.35. The first-order valence-corrected chi connectivity index (χ1v) is 9.36. The molecule has 3 fully saturated rings. The zero-order valence-electron chi connectivity index (χ0n) is 14.5. The van der Waals surface area contributed by atoms with E-state index in [0.29, 0.717) is 24.3 Å². The Hall–Kier alpha value is -1.39. The number of nitrogens with zero attached hydrogens (tertiary/aromatic N) is 1. The van der Waals surface area contributed by atoms with Crippen molar-refractivity contribution < 1.29 is 9.53 Å². The maximum atomic E-state index is 11.8. The summed E-state index contributed by atoms with van der Waals surface area (Å²) in [6.07, 6.45) is 3.54. The Balaban J connectivity index is 1.27. The third-order valence-corrected chi connectivity index (χ3v) is 5.83. The monoisotopic (exact) mass is 328 g/mol. The summed E-state index contributed by atoms with van der Waals surface area (Å²) in [6, 6.07) is 8.87. The second-order valence-electron chi connectivity index (χ2n) is 7.82. The number of hydrogen-bond acceptors (Lipinski definition) is 3. The number of amides is 1. The van der Waals surface area contributed by atoms with Gasteiger partial charge in [0.05, 0.1) is 12.7 Å². The van der Waals surface area contributed by atoms with Gasteiger partial charge in [0.2, 0.25) is 5.91 Å². The molecule has 4 heteroatoms. The van der Waals surface area contributed by atoms with E-state index in [1.807, 2.05) is 0 Å². The highest BCUT2D eigenvalue weighted by atomic mass is 16.5. The molecule has 1 saturated carbocycles. The van der Waals surface area contributed by atoms with Gasteiger partial charge in [-0.25, -0.2) is 0 Å². The molecule has 1 N–H and O–H groups in total. The van der Waals surface area contributed by atoms with E-state index in [4.69, 9.17) is 4.74 Å². The number of fused-ring (bicyclic) bond motifs is 1. The summed E-state index contributed by atoms with van der Waals surface area (Å²) in [4.78, 5) is 14.4. The van der Waals surface area contributed by atoms with Crippen LogP contribution in [0.4, 0.5) is 0 Å². The van der Waals surface area contributed by atoms with Gasteiger partial charge in [-0.15, -0.1) is 0 Å². The van der Waals surface area contributed by atoms with E-state index in [1.54, 1.807) is 0 Å². The molecule has 1 aromatic rings. The Bertz CT molecular complexity index is 582. The molecule has 1 aromatic carbocycles. The number of likely N-dealkylation sites (tertiary alicyclic amines) is 1. The van der Waals surface area contributed by atoms with Crippen LogP contribution in [0.2, 0.25) is 0 Å². The molecular weight excluding hydrogens is 300 g/mol. The summed E-state index contributed by atoms with van der Waals surface area (Å²) in [5.41, 5.74) is 2.71. The second kappa shape index (κ2) is 6.85. The van der Waals surface area contributed by atoms with Crippen molar-refractivity contribution in [2.75, 3.05) is 26.2 Å². The van der Waals surface area contributed by atoms with Gasteiger partial charge in [0.25, 0.3) is 0 Å². The summed E-state index contributed by atoms with van der Waals surface area (Å²) >= 11 is 0. The lowest BCUT2D eigenvalue weighted by molar-refractivity contribution is -0.122. The molecule has 0 radical (unpaired) electrons. The molecule has 0 unspecified atom stereocenters. The lowest BCUT2D eigenvalue weighted by Crippen LogP contribution is -2.43. The van der Waals surface area contributed by atoms with E-state index in [1.165, 1.54) is 17.5 Å². The molecule has 3 aliphatic rings. The van der Waals surface area contributed by atoms with Gasteiger partial charge in [0, 0.05) is 31.5 Å². The number of nitrogens with one attached hydrogen (secondary N) is 1. The van der Waals surface area contributed by atoms with Crippen LogP contribution in [0.25, 0.3) is 0 Å². The van der Waals surface area contributed by atoms with Gasteiger partial charge < -0.3 is 10.1 Å². The first-order chi connectivity index (χ1) is 11.7. The zero-order valence-corrected chi connectivity index (χ0v) is 14.5. The van der Waals surface area contributed by atoms with Crippen LogP contribution in [-0.2, 0) is 16.1 Å². The highest BCUT2D eigenvalue weighted by Gasteiger charge is 2.41. The van der Waals surface area contributed by atoms with Crippen molar-refractivity contribution in [2.24, 2.45) is 17.8 Å². The van der Waals surface area contributed by atoms with Crippen molar-refractivity contribution in [3.63, 3.8) is 0 Å². The first-order valence-electron chi connectivity index (χ1n) is 9.36. The highest BCUT2D eigenvalue weighted by molar-refractivity contribution is 5.80. The van der Waals surface area contributed by atoms with Crippen LogP contribution in [0.3, 0.4) is 0 Å². The fourth-order valence-corrected chi connectivity index (χ4v) is 4.16. The van der Waals surface area contributed by atoms with Gasteiger partial charge >= 0.3 is 0 Å². The van der Waals surface area contributed by atoms with Gasteiger partial charge in [0.1, 0.15) is 0 Å². The molecule has 130 valence electrons. The molecule has 3 atom stereocenters. The second-order valence-corrected chi connectivity index (χ2v) is 7.82. The fourth-order valence-electron chi connectivity index (χ4n) is 4.16. The maximum absolute atomic E-state index is 11.8. The molecule has 1 aliphatic carbocycles. The molecule has 4 rings (SSSR count). The molecule has 1 amide bonds. The Morgan fingerprint density at radius 2 is 2.04 bits per heavy atom. The number of rotatable bonds is 5.